The maximum Gasteiger partial charge on any atom is 0.0731 e. The van der Waals surface area contributed by atoms with Gasteiger partial charge >= 0.3 is 0 Å². The Bertz CT molecular complexity index is 223. The molecule has 2 nitrogen and oxygen atoms in total. The van der Waals surface area contributed by atoms with E-state index in [-0.39, 0.29) is 0 Å². The lowest BCUT2D eigenvalue weighted by Gasteiger charge is -2.00. The van der Waals surface area contributed by atoms with Gasteiger partial charge in [0.15, 0.2) is 0 Å². The van der Waals surface area contributed by atoms with Crippen LogP contribution in [0.5, 0.6) is 0 Å². The van der Waals surface area contributed by atoms with E-state index in [1.807, 2.05) is 26.2 Å². The van der Waals surface area contributed by atoms with Gasteiger partial charge in [0, 0.05) is 19.0 Å². The quantitative estimate of drug-likeness (QED) is 0.658. The molecule has 0 atom stereocenters. The highest BCUT2D eigenvalue weighted by Gasteiger charge is 1.91. The van der Waals surface area contributed by atoms with E-state index in [1.165, 1.54) is 5.56 Å². The molecule has 0 saturated carbocycles. The second kappa shape index (κ2) is 4.09. The molecule has 0 spiro atoms. The lowest BCUT2D eigenvalue weighted by molar-refractivity contribution is 0.134. The molecule has 0 amide bonds. The van der Waals surface area contributed by atoms with Gasteiger partial charge in [0.2, 0.25) is 0 Å². The van der Waals surface area contributed by atoms with Gasteiger partial charge in [0.1, 0.15) is 0 Å². The predicted octanol–water partition coefficient (Wildman–Crippen LogP) is 1.93. The number of nitrogens with zero attached hydrogens (tertiary/aromatic N) is 1. The summed E-state index contributed by atoms with van der Waals surface area (Å²) < 4.78 is 5.23. The second-order valence-corrected chi connectivity index (χ2v) is 2.51. The Morgan fingerprint density at radius 1 is 1.45 bits per heavy atom. The third-order valence-corrected chi connectivity index (χ3v) is 1.40. The number of hydrogen-bond acceptors (Lipinski definition) is 2. The molecule has 1 rings (SSSR count). The Morgan fingerprint density at radius 3 is 2.91 bits per heavy atom. The molecule has 2 heteroatoms. The molecule has 1 aromatic rings. The van der Waals surface area contributed by atoms with Crippen LogP contribution in [0.25, 0.3) is 0 Å². The zero-order valence-corrected chi connectivity index (χ0v) is 7.00. The fraction of sp³-hybridized carbons (Fsp3) is 0.444. The normalized spacial score (nSPS) is 10.0. The van der Waals surface area contributed by atoms with E-state index < -0.39 is 0 Å². The molecule has 0 N–H and O–H groups in total. The smallest absolute Gasteiger partial charge is 0.0731 e. The van der Waals surface area contributed by atoms with E-state index in [4.69, 9.17) is 4.74 Å². The first-order valence-electron chi connectivity index (χ1n) is 3.81. The topological polar surface area (TPSA) is 22.1 Å². The largest absolute Gasteiger partial charge is 0.377 e. The third-order valence-electron chi connectivity index (χ3n) is 1.40. The van der Waals surface area contributed by atoms with E-state index in [9.17, 15) is 0 Å². The molecule has 60 valence electrons. The van der Waals surface area contributed by atoms with Gasteiger partial charge in [0.25, 0.3) is 0 Å². The number of ether oxygens (including phenoxy) is 1. The van der Waals surface area contributed by atoms with Gasteiger partial charge in [0.05, 0.1) is 6.61 Å². The lowest BCUT2D eigenvalue weighted by Crippen LogP contribution is -1.92. The van der Waals surface area contributed by atoms with Crippen molar-refractivity contribution in [3.05, 3.63) is 29.6 Å². The molecule has 11 heavy (non-hydrogen) atoms. The van der Waals surface area contributed by atoms with Crippen molar-refractivity contribution >= 4 is 0 Å². The van der Waals surface area contributed by atoms with Gasteiger partial charge in [-0.1, -0.05) is 6.07 Å². The van der Waals surface area contributed by atoms with E-state index in [2.05, 4.69) is 11.1 Å². The summed E-state index contributed by atoms with van der Waals surface area (Å²) in [5, 5.41) is 0. The Hall–Kier alpha value is -0.890. The molecule has 0 aromatic carbocycles. The fourth-order valence-electron chi connectivity index (χ4n) is 0.916. The van der Waals surface area contributed by atoms with Crippen LogP contribution in [-0.2, 0) is 11.3 Å². The summed E-state index contributed by atoms with van der Waals surface area (Å²) in [7, 11) is 0. The molecule has 0 aliphatic heterocycles. The SMILES string of the molecule is CCOCc1cncc(C)c1. The van der Waals surface area contributed by atoms with Crippen LogP contribution in [0.4, 0.5) is 0 Å². The average molecular weight is 151 g/mol. The van der Waals surface area contributed by atoms with Crippen LogP contribution >= 0.6 is 0 Å². The predicted molar refractivity (Wildman–Crippen MR) is 44.3 cm³/mol. The monoisotopic (exact) mass is 151 g/mol. The van der Waals surface area contributed by atoms with Gasteiger partial charge < -0.3 is 4.74 Å². The summed E-state index contributed by atoms with van der Waals surface area (Å²) >= 11 is 0. The molecule has 0 bridgehead atoms. The van der Waals surface area contributed by atoms with E-state index in [1.54, 1.807) is 0 Å². The number of pyridine rings is 1. The molecule has 0 unspecified atom stereocenters. The van der Waals surface area contributed by atoms with Gasteiger partial charge in [-0.2, -0.15) is 0 Å². The molecule has 0 aliphatic carbocycles. The van der Waals surface area contributed by atoms with Crippen LogP contribution in [0.15, 0.2) is 18.5 Å². The van der Waals surface area contributed by atoms with Crippen molar-refractivity contribution in [1.29, 1.82) is 0 Å². The van der Waals surface area contributed by atoms with Crippen molar-refractivity contribution in [2.45, 2.75) is 20.5 Å². The number of aryl methyl sites for hydroxylation is 1. The molecular weight excluding hydrogens is 138 g/mol. The highest BCUT2D eigenvalue weighted by atomic mass is 16.5. The first kappa shape index (κ1) is 8.21. The molecule has 0 saturated heterocycles. The summed E-state index contributed by atoms with van der Waals surface area (Å²) in [4.78, 5) is 4.06. The van der Waals surface area contributed by atoms with Crippen LogP contribution < -0.4 is 0 Å². The number of aromatic nitrogens is 1. The molecule has 0 radical (unpaired) electrons. The average Bonchev–Trinajstić information content (AvgIpc) is 2.01. The second-order valence-electron chi connectivity index (χ2n) is 2.51. The van der Waals surface area contributed by atoms with Gasteiger partial charge in [-0.05, 0) is 25.0 Å². The van der Waals surface area contributed by atoms with Crippen LogP contribution in [0.3, 0.4) is 0 Å². The minimum Gasteiger partial charge on any atom is -0.377 e. The molecule has 1 heterocycles. The van der Waals surface area contributed by atoms with Gasteiger partial charge in [-0.3, -0.25) is 4.98 Å². The van der Waals surface area contributed by atoms with E-state index >= 15 is 0 Å². The zero-order valence-electron chi connectivity index (χ0n) is 7.00. The Kier molecular flexibility index (Phi) is 3.05. The summed E-state index contributed by atoms with van der Waals surface area (Å²) in [5.41, 5.74) is 2.33. The summed E-state index contributed by atoms with van der Waals surface area (Å²) in [5.74, 6) is 0. The van der Waals surface area contributed by atoms with Crippen molar-refractivity contribution in [3.63, 3.8) is 0 Å². The maximum absolute atomic E-state index is 5.23. The molecular formula is C9H13NO. The summed E-state index contributed by atoms with van der Waals surface area (Å²) in [6.45, 7) is 5.45. The molecule has 1 aromatic heterocycles. The lowest BCUT2D eigenvalue weighted by atomic mass is 10.2. The van der Waals surface area contributed by atoms with E-state index in [0.29, 0.717) is 6.61 Å². The van der Waals surface area contributed by atoms with E-state index in [0.717, 1.165) is 12.2 Å². The molecule has 0 fully saturated rings. The zero-order chi connectivity index (χ0) is 8.10. The van der Waals surface area contributed by atoms with Crippen molar-refractivity contribution in [2.75, 3.05) is 6.61 Å². The van der Waals surface area contributed by atoms with Crippen LogP contribution in [0.2, 0.25) is 0 Å². The Balaban J connectivity index is 2.56. The standard InChI is InChI=1S/C9H13NO/c1-3-11-7-9-4-8(2)5-10-6-9/h4-6H,3,7H2,1-2H3. The number of rotatable bonds is 3. The molecule has 0 aliphatic rings. The Labute approximate surface area is 67.2 Å². The third kappa shape index (κ3) is 2.68. The minimum absolute atomic E-state index is 0.672. The minimum atomic E-state index is 0.672. The van der Waals surface area contributed by atoms with Crippen LogP contribution in [-0.4, -0.2) is 11.6 Å². The van der Waals surface area contributed by atoms with Crippen LogP contribution in [0, 0.1) is 6.92 Å². The van der Waals surface area contributed by atoms with Crippen molar-refractivity contribution in [2.24, 2.45) is 0 Å². The maximum atomic E-state index is 5.23. The summed E-state index contributed by atoms with van der Waals surface area (Å²) in [6, 6.07) is 2.09. The number of hydrogen-bond donors (Lipinski definition) is 0. The highest BCUT2D eigenvalue weighted by Crippen LogP contribution is 2.02. The van der Waals surface area contributed by atoms with Crippen molar-refractivity contribution in [3.8, 4) is 0 Å². The van der Waals surface area contributed by atoms with Crippen molar-refractivity contribution in [1.82, 2.24) is 4.98 Å². The van der Waals surface area contributed by atoms with Gasteiger partial charge in [-0.15, -0.1) is 0 Å². The summed E-state index contributed by atoms with van der Waals surface area (Å²) in [6.07, 6.45) is 3.68. The first-order valence-corrected chi connectivity index (χ1v) is 3.81. The van der Waals surface area contributed by atoms with Gasteiger partial charge in [-0.25, -0.2) is 0 Å². The Morgan fingerprint density at radius 2 is 2.27 bits per heavy atom. The first-order chi connectivity index (χ1) is 5.33. The van der Waals surface area contributed by atoms with Crippen molar-refractivity contribution < 1.29 is 4.74 Å². The fourth-order valence-corrected chi connectivity index (χ4v) is 0.916. The van der Waals surface area contributed by atoms with Crippen LogP contribution in [0.1, 0.15) is 18.1 Å². The highest BCUT2D eigenvalue weighted by molar-refractivity contribution is 5.15.